The molecule has 1 fully saturated rings. The average molecular weight is 483 g/mol. The second-order valence-electron chi connectivity index (χ2n) is 6.53. The lowest BCUT2D eigenvalue weighted by molar-refractivity contribution is -0.387. The summed E-state index contributed by atoms with van der Waals surface area (Å²) in [5, 5.41) is 22.9. The van der Waals surface area contributed by atoms with Crippen LogP contribution in [0.15, 0.2) is 63.5 Å². The molecule has 0 spiro atoms. The summed E-state index contributed by atoms with van der Waals surface area (Å²) in [7, 11) is 0. The second-order valence-corrected chi connectivity index (χ2v) is 8.53. The number of nitro benzene ring substituents is 1. The van der Waals surface area contributed by atoms with Gasteiger partial charge in [0.2, 0.25) is 11.1 Å². The number of aromatic nitrogens is 4. The van der Waals surface area contributed by atoms with Crippen molar-refractivity contribution in [1.82, 2.24) is 25.1 Å². The van der Waals surface area contributed by atoms with E-state index >= 15 is 0 Å². The minimum atomic E-state index is -0.826. The van der Waals surface area contributed by atoms with E-state index in [0.29, 0.717) is 28.2 Å². The molecule has 3 amide bonds. The predicted molar refractivity (Wildman–Crippen MR) is 118 cm³/mol. The van der Waals surface area contributed by atoms with E-state index in [9.17, 15) is 24.5 Å². The number of carbonyl (C=O) groups is 3. The highest BCUT2D eigenvalue weighted by atomic mass is 32.2. The van der Waals surface area contributed by atoms with E-state index in [1.165, 1.54) is 22.9 Å². The Morgan fingerprint density at radius 2 is 1.97 bits per heavy atom. The molecule has 12 nitrogen and oxygen atoms in total. The van der Waals surface area contributed by atoms with Crippen molar-refractivity contribution in [2.24, 2.45) is 5.73 Å². The van der Waals surface area contributed by atoms with Gasteiger partial charge in [0.15, 0.2) is 0 Å². The second kappa shape index (κ2) is 9.22. The highest BCUT2D eigenvalue weighted by Crippen LogP contribution is 2.37. The van der Waals surface area contributed by atoms with Crippen molar-refractivity contribution < 1.29 is 19.3 Å². The number of hydrogen-bond acceptors (Lipinski definition) is 10. The van der Waals surface area contributed by atoms with Gasteiger partial charge in [-0.2, -0.15) is 4.68 Å². The zero-order valence-electron chi connectivity index (χ0n) is 16.5. The van der Waals surface area contributed by atoms with Gasteiger partial charge in [0.05, 0.1) is 20.4 Å². The molecule has 33 heavy (non-hydrogen) atoms. The average Bonchev–Trinajstić information content (AvgIpc) is 3.35. The Morgan fingerprint density at radius 3 is 2.67 bits per heavy atom. The third-order valence-corrected chi connectivity index (χ3v) is 6.22. The van der Waals surface area contributed by atoms with E-state index in [1.807, 2.05) is 18.2 Å². The fraction of sp³-hybridized carbons (Fsp3) is 0.0526. The third-order valence-electron chi connectivity index (χ3n) is 4.31. The maximum Gasteiger partial charge on any atom is 0.294 e. The van der Waals surface area contributed by atoms with Crippen molar-refractivity contribution in [2.45, 2.75) is 10.1 Å². The number of rotatable bonds is 7. The molecular formula is C19H13N7O5S2. The number of hydrogen-bond donors (Lipinski definition) is 1. The number of nitrogens with zero attached hydrogens (tertiary/aromatic N) is 6. The van der Waals surface area contributed by atoms with Crippen LogP contribution >= 0.6 is 23.5 Å². The number of tetrazole rings is 1. The molecule has 0 unspecified atom stereocenters. The van der Waals surface area contributed by atoms with Gasteiger partial charge >= 0.3 is 0 Å². The van der Waals surface area contributed by atoms with E-state index in [1.54, 1.807) is 18.2 Å². The molecule has 0 bridgehead atoms. The number of carbonyl (C=O) groups excluding carboxylic acids is 3. The summed E-state index contributed by atoms with van der Waals surface area (Å²) in [6.07, 6.45) is 1.35. The first-order valence-electron chi connectivity index (χ1n) is 9.17. The molecular weight excluding hydrogens is 470 g/mol. The lowest BCUT2D eigenvalue weighted by atomic mass is 10.2. The summed E-state index contributed by atoms with van der Waals surface area (Å²) in [4.78, 5) is 47.6. The maximum absolute atomic E-state index is 12.4. The van der Waals surface area contributed by atoms with Crippen LogP contribution in [0, 0.1) is 10.1 Å². The van der Waals surface area contributed by atoms with Crippen molar-refractivity contribution in [2.75, 3.05) is 6.54 Å². The van der Waals surface area contributed by atoms with Crippen LogP contribution in [-0.2, 0) is 9.59 Å². The van der Waals surface area contributed by atoms with Gasteiger partial charge in [-0.3, -0.25) is 29.4 Å². The standard InChI is InChI=1S/C19H13N7O5S2/c20-16(27)10-24-17(28)15(33-19(24)29)9-11-6-7-14(13(8-11)26(30)31)32-18-21-22-23-25(18)12-4-2-1-3-5-12/h1-9H,10H2,(H2,20,27)/b15-9-. The molecule has 2 N–H and O–H groups in total. The van der Waals surface area contributed by atoms with Gasteiger partial charge in [0.1, 0.15) is 6.54 Å². The van der Waals surface area contributed by atoms with E-state index in [-0.39, 0.29) is 15.5 Å². The first kappa shape index (κ1) is 22.2. The number of benzene rings is 2. The van der Waals surface area contributed by atoms with Gasteiger partial charge in [0, 0.05) is 6.07 Å². The molecule has 14 heteroatoms. The van der Waals surface area contributed by atoms with Crippen molar-refractivity contribution in [1.29, 1.82) is 0 Å². The number of para-hydroxylation sites is 1. The summed E-state index contributed by atoms with van der Waals surface area (Å²) in [5.41, 5.74) is 5.85. The van der Waals surface area contributed by atoms with Crippen LogP contribution in [0.3, 0.4) is 0 Å². The Labute approximate surface area is 194 Å². The highest BCUT2D eigenvalue weighted by molar-refractivity contribution is 8.18. The maximum atomic E-state index is 12.4. The highest BCUT2D eigenvalue weighted by Gasteiger charge is 2.36. The fourth-order valence-electron chi connectivity index (χ4n) is 2.87. The van der Waals surface area contributed by atoms with Crippen LogP contribution in [0.25, 0.3) is 11.8 Å². The number of nitrogens with two attached hydrogens (primary N) is 1. The largest absolute Gasteiger partial charge is 0.368 e. The molecule has 166 valence electrons. The summed E-state index contributed by atoms with van der Waals surface area (Å²) in [6, 6.07) is 13.4. The molecule has 0 atom stereocenters. The van der Waals surface area contributed by atoms with Crippen molar-refractivity contribution >= 4 is 52.3 Å². The Morgan fingerprint density at radius 1 is 1.21 bits per heavy atom. The van der Waals surface area contributed by atoms with Crippen LogP contribution in [0.1, 0.15) is 5.56 Å². The van der Waals surface area contributed by atoms with Crippen LogP contribution in [-0.4, -0.2) is 53.6 Å². The number of thioether (sulfide) groups is 1. The van der Waals surface area contributed by atoms with Crippen LogP contribution < -0.4 is 5.73 Å². The zero-order chi connectivity index (χ0) is 23.5. The lowest BCUT2D eigenvalue weighted by Gasteiger charge is -2.08. The van der Waals surface area contributed by atoms with Crippen molar-refractivity contribution in [3.63, 3.8) is 0 Å². The SMILES string of the molecule is NC(=O)CN1C(=O)S/C(=C\c2ccc(Sc3nnnn3-c3ccccc3)c([N+](=O)[O-])c2)C1=O. The summed E-state index contributed by atoms with van der Waals surface area (Å²) in [6.45, 7) is -0.534. The van der Waals surface area contributed by atoms with Crippen LogP contribution in [0.5, 0.6) is 0 Å². The normalized spacial score (nSPS) is 14.8. The third kappa shape index (κ3) is 4.75. The van der Waals surface area contributed by atoms with Gasteiger partial charge < -0.3 is 5.73 Å². The number of imide groups is 1. The first-order valence-corrected chi connectivity index (χ1v) is 10.8. The van der Waals surface area contributed by atoms with Crippen LogP contribution in [0.2, 0.25) is 0 Å². The van der Waals surface area contributed by atoms with Gasteiger partial charge in [-0.05, 0) is 63.8 Å². The predicted octanol–water partition coefficient (Wildman–Crippen LogP) is 2.24. The molecule has 1 aliphatic rings. The molecule has 0 saturated carbocycles. The van der Waals surface area contributed by atoms with Crippen LogP contribution in [0.4, 0.5) is 10.5 Å². The molecule has 4 rings (SSSR count). The molecule has 1 saturated heterocycles. The first-order chi connectivity index (χ1) is 15.8. The molecule has 3 aromatic rings. The number of nitro groups is 1. The van der Waals surface area contributed by atoms with E-state index in [2.05, 4.69) is 15.5 Å². The number of primary amides is 1. The Hall–Kier alpha value is -4.04. The van der Waals surface area contributed by atoms with Gasteiger partial charge in [-0.1, -0.05) is 24.3 Å². The number of amides is 3. The summed E-state index contributed by atoms with van der Waals surface area (Å²) >= 11 is 1.64. The van der Waals surface area contributed by atoms with E-state index in [4.69, 9.17) is 5.73 Å². The minimum Gasteiger partial charge on any atom is -0.368 e. The Balaban J connectivity index is 1.63. The topological polar surface area (TPSA) is 167 Å². The molecule has 1 aliphatic heterocycles. The van der Waals surface area contributed by atoms with Gasteiger partial charge in [-0.25, -0.2) is 0 Å². The Kier molecular flexibility index (Phi) is 6.19. The van der Waals surface area contributed by atoms with Gasteiger partial charge in [-0.15, -0.1) is 5.10 Å². The van der Waals surface area contributed by atoms with Gasteiger partial charge in [0.25, 0.3) is 16.8 Å². The van der Waals surface area contributed by atoms with E-state index < -0.39 is 28.5 Å². The molecule has 2 aromatic carbocycles. The summed E-state index contributed by atoms with van der Waals surface area (Å²) < 4.78 is 1.46. The Bertz CT molecular complexity index is 1310. The molecule has 2 heterocycles. The fourth-order valence-corrected chi connectivity index (χ4v) is 4.58. The van der Waals surface area contributed by atoms with E-state index in [0.717, 1.165) is 16.7 Å². The molecule has 0 radical (unpaired) electrons. The van der Waals surface area contributed by atoms with Crippen molar-refractivity contribution in [3.8, 4) is 5.69 Å². The quantitative estimate of drug-likeness (QED) is 0.299. The smallest absolute Gasteiger partial charge is 0.294 e. The lowest BCUT2D eigenvalue weighted by Crippen LogP contribution is -2.36. The molecule has 0 aliphatic carbocycles. The van der Waals surface area contributed by atoms with Crippen molar-refractivity contribution in [3.05, 3.63) is 69.1 Å². The summed E-state index contributed by atoms with van der Waals surface area (Å²) in [5.74, 6) is -1.51. The molecule has 1 aromatic heterocycles. The monoisotopic (exact) mass is 483 g/mol. The zero-order valence-corrected chi connectivity index (χ0v) is 18.2. The minimum absolute atomic E-state index is 0.0315.